The molecule has 102 valence electrons. The predicted octanol–water partition coefficient (Wildman–Crippen LogP) is 1.69. The summed E-state index contributed by atoms with van der Waals surface area (Å²) in [6, 6.07) is 0.268. The molecule has 2 aliphatic rings. The van der Waals surface area contributed by atoms with Crippen molar-refractivity contribution in [3.8, 4) is 0 Å². The highest BCUT2D eigenvalue weighted by Crippen LogP contribution is 2.43. The van der Waals surface area contributed by atoms with Crippen LogP contribution >= 0.6 is 0 Å². The molecule has 0 spiro atoms. The molecule has 2 rings (SSSR count). The third-order valence-electron chi connectivity index (χ3n) is 4.53. The van der Waals surface area contributed by atoms with Gasteiger partial charge in [0.25, 0.3) is 0 Å². The zero-order chi connectivity index (χ0) is 13.2. The molecule has 1 saturated carbocycles. The Bertz CT molecular complexity index is 350. The van der Waals surface area contributed by atoms with E-state index in [9.17, 15) is 4.79 Å². The van der Waals surface area contributed by atoms with Crippen LogP contribution in [-0.4, -0.2) is 34.4 Å². The van der Waals surface area contributed by atoms with E-state index >= 15 is 0 Å². The van der Waals surface area contributed by atoms with Crippen LogP contribution in [0.3, 0.4) is 0 Å². The fraction of sp³-hybridized carbons (Fsp3) is 0.846. The Morgan fingerprint density at radius 1 is 1.33 bits per heavy atom. The van der Waals surface area contributed by atoms with E-state index in [1.165, 1.54) is 12.8 Å². The summed E-state index contributed by atoms with van der Waals surface area (Å²) in [6.07, 6.45) is 6.88. The molecule has 1 atom stereocenters. The lowest BCUT2D eigenvalue weighted by Gasteiger charge is -2.43. The number of hydrogen-bond acceptors (Lipinski definition) is 3. The highest BCUT2D eigenvalue weighted by Gasteiger charge is 2.50. The van der Waals surface area contributed by atoms with Crippen molar-refractivity contribution in [2.45, 2.75) is 57.9 Å². The number of amides is 1. The van der Waals surface area contributed by atoms with E-state index in [-0.39, 0.29) is 17.8 Å². The van der Waals surface area contributed by atoms with Gasteiger partial charge >= 0.3 is 0 Å². The highest BCUT2D eigenvalue weighted by atomic mass is 16.4. The van der Waals surface area contributed by atoms with Crippen molar-refractivity contribution in [2.75, 3.05) is 6.54 Å². The number of amidine groups is 1. The second kappa shape index (κ2) is 5.16. The molecule has 1 amide bonds. The lowest BCUT2D eigenvalue weighted by Crippen LogP contribution is -2.57. The minimum absolute atomic E-state index is 0.0680. The Balaban J connectivity index is 2.18. The van der Waals surface area contributed by atoms with Crippen LogP contribution in [0, 0.1) is 5.41 Å². The first-order valence-corrected chi connectivity index (χ1v) is 6.91. The van der Waals surface area contributed by atoms with Gasteiger partial charge in [0.1, 0.15) is 5.41 Å². The molecule has 0 aromatic carbocycles. The summed E-state index contributed by atoms with van der Waals surface area (Å²) in [5.41, 5.74) is 5.04. The number of likely N-dealkylation sites (tertiary alicyclic amines) is 1. The van der Waals surface area contributed by atoms with Gasteiger partial charge in [0, 0.05) is 12.6 Å². The number of hydrogen-bond donors (Lipinski definition) is 2. The quantitative estimate of drug-likeness (QED) is 0.340. The smallest absolute Gasteiger partial charge is 0.236 e. The third kappa shape index (κ3) is 2.06. The summed E-state index contributed by atoms with van der Waals surface area (Å²) >= 11 is 0. The molecule has 1 heterocycles. The van der Waals surface area contributed by atoms with Gasteiger partial charge in [-0.15, -0.1) is 0 Å². The predicted molar refractivity (Wildman–Crippen MR) is 69.3 cm³/mol. The van der Waals surface area contributed by atoms with E-state index in [2.05, 4.69) is 12.1 Å². The zero-order valence-electron chi connectivity index (χ0n) is 11.1. The molecule has 0 aromatic rings. The molecule has 2 fully saturated rings. The van der Waals surface area contributed by atoms with Crippen LogP contribution in [0.4, 0.5) is 0 Å². The van der Waals surface area contributed by atoms with Gasteiger partial charge in [-0.1, -0.05) is 24.4 Å². The maximum Gasteiger partial charge on any atom is 0.236 e. The Morgan fingerprint density at radius 3 is 2.61 bits per heavy atom. The first-order valence-electron chi connectivity index (χ1n) is 6.91. The average molecular weight is 253 g/mol. The number of rotatable bonds is 2. The van der Waals surface area contributed by atoms with E-state index in [1.54, 1.807) is 0 Å². The molecule has 1 aliphatic carbocycles. The average Bonchev–Trinajstić information content (AvgIpc) is 2.51. The highest BCUT2D eigenvalue weighted by molar-refractivity contribution is 6.07. The van der Waals surface area contributed by atoms with Crippen LogP contribution in [0.1, 0.15) is 51.9 Å². The van der Waals surface area contributed by atoms with Crippen LogP contribution in [-0.2, 0) is 4.79 Å². The Labute approximate surface area is 108 Å². The summed E-state index contributed by atoms with van der Waals surface area (Å²) in [4.78, 5) is 14.7. The largest absolute Gasteiger partial charge is 0.409 e. The SMILES string of the molecule is CC1CCCCCN1C(=O)C1(C(N)=NO)CCC1. The van der Waals surface area contributed by atoms with Gasteiger partial charge in [-0.05, 0) is 32.6 Å². The van der Waals surface area contributed by atoms with Crippen molar-refractivity contribution in [2.24, 2.45) is 16.3 Å². The minimum Gasteiger partial charge on any atom is -0.409 e. The van der Waals surface area contributed by atoms with Crippen molar-refractivity contribution in [3.05, 3.63) is 0 Å². The molecular weight excluding hydrogens is 230 g/mol. The maximum atomic E-state index is 12.7. The van der Waals surface area contributed by atoms with Gasteiger partial charge in [-0.3, -0.25) is 4.79 Å². The van der Waals surface area contributed by atoms with Gasteiger partial charge in [-0.25, -0.2) is 0 Å². The number of nitrogens with two attached hydrogens (primary N) is 1. The van der Waals surface area contributed by atoms with Gasteiger partial charge in [-0.2, -0.15) is 0 Å². The molecular formula is C13H23N3O2. The van der Waals surface area contributed by atoms with Crippen LogP contribution in [0.15, 0.2) is 5.16 Å². The fourth-order valence-electron chi connectivity index (χ4n) is 3.06. The molecule has 3 N–H and O–H groups in total. The number of carbonyl (C=O) groups is 1. The molecule has 0 radical (unpaired) electrons. The summed E-state index contributed by atoms with van der Waals surface area (Å²) < 4.78 is 0. The van der Waals surface area contributed by atoms with Crippen LogP contribution < -0.4 is 5.73 Å². The molecule has 0 bridgehead atoms. The van der Waals surface area contributed by atoms with Crippen LogP contribution in [0.5, 0.6) is 0 Å². The Morgan fingerprint density at radius 2 is 2.06 bits per heavy atom. The standard InChI is InChI=1S/C13H23N3O2/c1-10-6-3-2-4-9-16(10)12(17)13(7-5-8-13)11(14)15-18/h10,18H,2-9H2,1H3,(H2,14,15). The van der Waals surface area contributed by atoms with Crippen molar-refractivity contribution in [1.82, 2.24) is 4.90 Å². The molecule has 1 saturated heterocycles. The van der Waals surface area contributed by atoms with Crippen molar-refractivity contribution in [1.29, 1.82) is 0 Å². The first-order chi connectivity index (χ1) is 8.62. The van der Waals surface area contributed by atoms with Gasteiger partial charge in [0.2, 0.25) is 5.91 Å². The van der Waals surface area contributed by atoms with Gasteiger partial charge < -0.3 is 15.8 Å². The number of nitrogens with zero attached hydrogens (tertiary/aromatic N) is 2. The second-order valence-corrected chi connectivity index (χ2v) is 5.62. The van der Waals surface area contributed by atoms with Crippen LogP contribution in [0.2, 0.25) is 0 Å². The van der Waals surface area contributed by atoms with Crippen molar-refractivity contribution >= 4 is 11.7 Å². The minimum atomic E-state index is -0.715. The van der Waals surface area contributed by atoms with Crippen LogP contribution in [0.25, 0.3) is 0 Å². The van der Waals surface area contributed by atoms with E-state index in [0.29, 0.717) is 12.8 Å². The number of oxime groups is 1. The first kappa shape index (κ1) is 13.2. The fourth-order valence-corrected chi connectivity index (χ4v) is 3.06. The topological polar surface area (TPSA) is 78.9 Å². The molecule has 1 unspecified atom stereocenters. The molecule has 0 aromatic heterocycles. The Hall–Kier alpha value is -1.26. The molecule has 1 aliphatic heterocycles. The lowest BCUT2D eigenvalue weighted by molar-refractivity contribution is -0.144. The summed E-state index contributed by atoms with van der Waals surface area (Å²) in [7, 11) is 0. The number of carbonyl (C=O) groups excluding carboxylic acids is 1. The second-order valence-electron chi connectivity index (χ2n) is 5.62. The van der Waals surface area contributed by atoms with E-state index in [0.717, 1.165) is 25.8 Å². The molecule has 5 nitrogen and oxygen atoms in total. The van der Waals surface area contributed by atoms with E-state index in [1.807, 2.05) is 4.90 Å². The van der Waals surface area contributed by atoms with Gasteiger partial charge in [0.05, 0.1) is 0 Å². The summed E-state index contributed by atoms with van der Waals surface area (Å²) in [6.45, 7) is 2.91. The maximum absolute atomic E-state index is 12.7. The Kier molecular flexibility index (Phi) is 3.78. The third-order valence-corrected chi connectivity index (χ3v) is 4.53. The normalized spacial score (nSPS) is 28.4. The molecule has 5 heteroatoms. The monoisotopic (exact) mass is 253 g/mol. The molecule has 18 heavy (non-hydrogen) atoms. The van der Waals surface area contributed by atoms with E-state index in [4.69, 9.17) is 10.9 Å². The van der Waals surface area contributed by atoms with Crippen molar-refractivity contribution < 1.29 is 10.0 Å². The summed E-state index contributed by atoms with van der Waals surface area (Å²) in [5.74, 6) is 0.161. The summed E-state index contributed by atoms with van der Waals surface area (Å²) in [5, 5.41) is 12.0. The van der Waals surface area contributed by atoms with Crippen molar-refractivity contribution in [3.63, 3.8) is 0 Å². The van der Waals surface area contributed by atoms with Gasteiger partial charge in [0.15, 0.2) is 5.84 Å². The van der Waals surface area contributed by atoms with E-state index < -0.39 is 5.41 Å². The lowest BCUT2D eigenvalue weighted by atomic mass is 9.66. The zero-order valence-corrected chi connectivity index (χ0v) is 11.1.